The Morgan fingerprint density at radius 3 is 2.50 bits per heavy atom. The van der Waals surface area contributed by atoms with E-state index < -0.39 is 4.92 Å². The van der Waals surface area contributed by atoms with E-state index in [0.29, 0.717) is 12.2 Å². The minimum atomic E-state index is -0.510. The predicted octanol–water partition coefficient (Wildman–Crippen LogP) is 4.45. The van der Waals surface area contributed by atoms with E-state index in [2.05, 4.69) is 0 Å². The zero-order valence-electron chi connectivity index (χ0n) is 13.9. The monoisotopic (exact) mass is 327 g/mol. The number of ether oxygens (including phenoxy) is 1. The summed E-state index contributed by atoms with van der Waals surface area (Å²) in [6, 6.07) is 14.4. The number of carbonyl (C=O) groups is 1. The fraction of sp³-hybridized carbons (Fsp3) is 0.316. The molecular weight excluding hydrogens is 306 g/mol. The van der Waals surface area contributed by atoms with Gasteiger partial charge in [0.1, 0.15) is 0 Å². The van der Waals surface area contributed by atoms with E-state index in [-0.39, 0.29) is 23.1 Å². The number of benzene rings is 2. The van der Waals surface area contributed by atoms with E-state index in [1.54, 1.807) is 19.9 Å². The van der Waals surface area contributed by atoms with Gasteiger partial charge in [-0.15, -0.1) is 0 Å². The summed E-state index contributed by atoms with van der Waals surface area (Å²) in [4.78, 5) is 22.7. The summed E-state index contributed by atoms with van der Waals surface area (Å²) >= 11 is 0. The maximum absolute atomic E-state index is 12.0. The zero-order valence-corrected chi connectivity index (χ0v) is 13.9. The number of hydrogen-bond acceptors (Lipinski definition) is 4. The van der Waals surface area contributed by atoms with Crippen molar-refractivity contribution in [2.75, 3.05) is 6.61 Å². The van der Waals surface area contributed by atoms with Crippen LogP contribution in [-0.4, -0.2) is 17.3 Å². The fourth-order valence-corrected chi connectivity index (χ4v) is 2.37. The van der Waals surface area contributed by atoms with Gasteiger partial charge in [0.05, 0.1) is 11.5 Å². The Bertz CT molecular complexity index is 711. The van der Waals surface area contributed by atoms with Crippen molar-refractivity contribution in [2.45, 2.75) is 26.7 Å². The molecule has 0 bridgehead atoms. The van der Waals surface area contributed by atoms with Crippen LogP contribution in [0.2, 0.25) is 0 Å². The molecule has 0 aliphatic rings. The Balaban J connectivity index is 2.01. The first-order valence-electron chi connectivity index (χ1n) is 7.98. The highest BCUT2D eigenvalue weighted by molar-refractivity contribution is 5.98. The van der Waals surface area contributed by atoms with Crippen LogP contribution < -0.4 is 4.74 Å². The maximum atomic E-state index is 12.0. The molecule has 0 aromatic heterocycles. The summed E-state index contributed by atoms with van der Waals surface area (Å²) in [5, 5.41) is 11.2. The Morgan fingerprint density at radius 1 is 1.17 bits per heavy atom. The third kappa shape index (κ3) is 4.65. The van der Waals surface area contributed by atoms with Crippen molar-refractivity contribution in [3.63, 3.8) is 0 Å². The quantitative estimate of drug-likeness (QED) is 0.311. The molecule has 2 rings (SSSR count). The van der Waals surface area contributed by atoms with Crippen LogP contribution in [0.25, 0.3) is 0 Å². The topological polar surface area (TPSA) is 69.4 Å². The lowest BCUT2D eigenvalue weighted by Crippen LogP contribution is -2.09. The van der Waals surface area contributed by atoms with Crippen molar-refractivity contribution in [1.82, 2.24) is 0 Å². The van der Waals surface area contributed by atoms with Gasteiger partial charge in [-0.05, 0) is 30.5 Å². The third-order valence-electron chi connectivity index (χ3n) is 3.67. The molecule has 5 heteroatoms. The number of nitrogens with zero attached hydrogens (tertiary/aromatic N) is 1. The van der Waals surface area contributed by atoms with Crippen LogP contribution in [0.15, 0.2) is 48.5 Å². The Labute approximate surface area is 141 Å². The molecule has 0 saturated carbocycles. The molecule has 0 radical (unpaired) electrons. The van der Waals surface area contributed by atoms with Gasteiger partial charge < -0.3 is 4.74 Å². The van der Waals surface area contributed by atoms with Gasteiger partial charge in [-0.25, -0.2) is 0 Å². The minimum absolute atomic E-state index is 0.117. The van der Waals surface area contributed by atoms with Gasteiger partial charge in [-0.3, -0.25) is 14.9 Å². The van der Waals surface area contributed by atoms with Gasteiger partial charge in [0.25, 0.3) is 0 Å². The SMILES string of the molecule is CC(C)C(=O)c1ccc(OCCCc2ccccc2)c([N+](=O)[O-])c1. The van der Waals surface area contributed by atoms with Crippen LogP contribution in [0.5, 0.6) is 5.75 Å². The molecule has 5 nitrogen and oxygen atoms in total. The molecule has 0 fully saturated rings. The highest BCUT2D eigenvalue weighted by Crippen LogP contribution is 2.29. The van der Waals surface area contributed by atoms with Gasteiger partial charge in [-0.1, -0.05) is 44.2 Å². The third-order valence-corrected chi connectivity index (χ3v) is 3.67. The molecule has 0 atom stereocenters. The second kappa shape index (κ2) is 8.24. The molecule has 0 unspecified atom stereocenters. The van der Waals surface area contributed by atoms with Crippen LogP contribution in [0, 0.1) is 16.0 Å². The summed E-state index contributed by atoms with van der Waals surface area (Å²) in [5.41, 5.74) is 1.38. The normalized spacial score (nSPS) is 10.6. The number of ketones is 1. The number of nitro benzene ring substituents is 1. The molecule has 0 saturated heterocycles. The van der Waals surface area contributed by atoms with Crippen molar-refractivity contribution in [3.05, 3.63) is 69.8 Å². The van der Waals surface area contributed by atoms with Crippen molar-refractivity contribution >= 4 is 11.5 Å². The molecule has 2 aromatic rings. The van der Waals surface area contributed by atoms with Gasteiger partial charge in [-0.2, -0.15) is 0 Å². The zero-order chi connectivity index (χ0) is 17.5. The van der Waals surface area contributed by atoms with E-state index >= 15 is 0 Å². The van der Waals surface area contributed by atoms with E-state index in [9.17, 15) is 14.9 Å². The fourth-order valence-electron chi connectivity index (χ4n) is 2.37. The first-order chi connectivity index (χ1) is 11.5. The lowest BCUT2D eigenvalue weighted by molar-refractivity contribution is -0.385. The molecule has 126 valence electrons. The number of nitro groups is 1. The second-order valence-electron chi connectivity index (χ2n) is 5.90. The summed E-state index contributed by atoms with van der Waals surface area (Å²) < 4.78 is 5.56. The summed E-state index contributed by atoms with van der Waals surface area (Å²) in [6.07, 6.45) is 1.60. The van der Waals surface area contributed by atoms with Crippen molar-refractivity contribution in [2.24, 2.45) is 5.92 Å². The molecule has 0 heterocycles. The van der Waals surface area contributed by atoms with Crippen molar-refractivity contribution in [1.29, 1.82) is 0 Å². The highest BCUT2D eigenvalue weighted by Gasteiger charge is 2.20. The van der Waals surface area contributed by atoms with Crippen LogP contribution in [0.3, 0.4) is 0 Å². The van der Waals surface area contributed by atoms with Gasteiger partial charge in [0, 0.05) is 17.5 Å². The summed E-state index contributed by atoms with van der Waals surface area (Å²) in [5.74, 6) is -0.121. The molecule has 0 spiro atoms. The second-order valence-corrected chi connectivity index (χ2v) is 5.90. The lowest BCUT2D eigenvalue weighted by atomic mass is 10.0. The van der Waals surface area contributed by atoms with Crippen molar-refractivity contribution in [3.8, 4) is 5.75 Å². The number of Topliss-reactive ketones (excluding diaryl/α,β-unsaturated/α-hetero) is 1. The van der Waals surface area contributed by atoms with E-state index in [1.807, 2.05) is 30.3 Å². The molecule has 0 amide bonds. The molecule has 2 aromatic carbocycles. The molecule has 0 aliphatic carbocycles. The average Bonchev–Trinajstić information content (AvgIpc) is 2.58. The molecule has 24 heavy (non-hydrogen) atoms. The van der Waals surface area contributed by atoms with Gasteiger partial charge >= 0.3 is 5.69 Å². The number of carbonyl (C=O) groups excluding carboxylic acids is 1. The van der Waals surface area contributed by atoms with Crippen LogP contribution in [-0.2, 0) is 6.42 Å². The predicted molar refractivity (Wildman–Crippen MR) is 92.5 cm³/mol. The highest BCUT2D eigenvalue weighted by atomic mass is 16.6. The van der Waals surface area contributed by atoms with Gasteiger partial charge in [0.15, 0.2) is 11.5 Å². The van der Waals surface area contributed by atoms with Crippen LogP contribution in [0.4, 0.5) is 5.69 Å². The lowest BCUT2D eigenvalue weighted by Gasteiger charge is -2.09. The standard InChI is InChI=1S/C19H21NO4/c1-14(2)19(21)16-10-11-18(17(13-16)20(22)23)24-12-6-9-15-7-4-3-5-8-15/h3-5,7-8,10-11,13-14H,6,9,12H2,1-2H3. The molecular formula is C19H21NO4. The number of aryl methyl sites for hydroxylation is 1. The molecule has 0 N–H and O–H groups in total. The van der Waals surface area contributed by atoms with E-state index in [0.717, 1.165) is 12.8 Å². The minimum Gasteiger partial charge on any atom is -0.487 e. The smallest absolute Gasteiger partial charge is 0.311 e. The van der Waals surface area contributed by atoms with Crippen LogP contribution >= 0.6 is 0 Å². The maximum Gasteiger partial charge on any atom is 0.311 e. The average molecular weight is 327 g/mol. The first kappa shape index (κ1) is 17.7. The Hall–Kier alpha value is -2.69. The summed E-state index contributed by atoms with van der Waals surface area (Å²) in [7, 11) is 0. The van der Waals surface area contributed by atoms with E-state index in [1.165, 1.54) is 17.7 Å². The van der Waals surface area contributed by atoms with E-state index in [4.69, 9.17) is 4.74 Å². The van der Waals surface area contributed by atoms with Gasteiger partial charge in [0.2, 0.25) is 0 Å². The molecule has 0 aliphatic heterocycles. The number of hydrogen-bond donors (Lipinski definition) is 0. The van der Waals surface area contributed by atoms with Crippen molar-refractivity contribution < 1.29 is 14.5 Å². The largest absolute Gasteiger partial charge is 0.487 e. The number of rotatable bonds is 8. The summed E-state index contributed by atoms with van der Waals surface area (Å²) in [6.45, 7) is 3.91. The Kier molecular flexibility index (Phi) is 6.07. The first-order valence-corrected chi connectivity index (χ1v) is 7.98. The Morgan fingerprint density at radius 2 is 1.88 bits per heavy atom. The van der Waals surface area contributed by atoms with Crippen LogP contribution in [0.1, 0.15) is 36.2 Å².